The largest absolute Gasteiger partial charge is 0.506 e. The summed E-state index contributed by atoms with van der Waals surface area (Å²) in [4.78, 5) is 0. The van der Waals surface area contributed by atoms with Gasteiger partial charge in [0, 0.05) is 0 Å². The molecule has 94 valence electrons. The minimum atomic E-state index is 0.296. The van der Waals surface area contributed by atoms with Crippen LogP contribution in [0.1, 0.15) is 42.4 Å². The third-order valence-electron chi connectivity index (χ3n) is 3.54. The minimum absolute atomic E-state index is 0.296. The summed E-state index contributed by atoms with van der Waals surface area (Å²) >= 11 is 6.25. The van der Waals surface area contributed by atoms with E-state index in [0.717, 1.165) is 43.2 Å². The number of halogens is 1. The Morgan fingerprint density at radius 2 is 2.00 bits per heavy atom. The number of phenolic OH excluding ortho intramolecular Hbond substituents is 1. The molecule has 2 rings (SSSR count). The van der Waals surface area contributed by atoms with Gasteiger partial charge in [-0.1, -0.05) is 17.7 Å². The fraction of sp³-hybridized carbons (Fsp3) is 0.571. The van der Waals surface area contributed by atoms with Crippen molar-refractivity contribution in [1.82, 2.24) is 0 Å². The summed E-state index contributed by atoms with van der Waals surface area (Å²) in [5.74, 6) is 0.296. The number of hydrogen-bond acceptors (Lipinski definition) is 2. The lowest BCUT2D eigenvalue weighted by Crippen LogP contribution is -2.05. The standard InChI is InChI=1S/C14H20ClNO/c15-13-12-7-2-1-5-10(12)9-11(14(13)17)6-3-4-8-16/h9,17H,1-8,16H2. The van der Waals surface area contributed by atoms with Gasteiger partial charge in [0.25, 0.3) is 0 Å². The minimum Gasteiger partial charge on any atom is -0.506 e. The molecule has 2 nitrogen and oxygen atoms in total. The van der Waals surface area contributed by atoms with Crippen molar-refractivity contribution >= 4 is 11.6 Å². The Morgan fingerprint density at radius 3 is 2.76 bits per heavy atom. The summed E-state index contributed by atoms with van der Waals surface area (Å²) in [7, 11) is 0. The quantitative estimate of drug-likeness (QED) is 0.810. The van der Waals surface area contributed by atoms with Crippen molar-refractivity contribution in [3.05, 3.63) is 27.8 Å². The van der Waals surface area contributed by atoms with Gasteiger partial charge in [-0.15, -0.1) is 0 Å². The van der Waals surface area contributed by atoms with Gasteiger partial charge in [-0.05, 0) is 68.2 Å². The van der Waals surface area contributed by atoms with E-state index in [1.54, 1.807) is 0 Å². The van der Waals surface area contributed by atoms with Crippen LogP contribution in [-0.2, 0) is 19.3 Å². The zero-order chi connectivity index (χ0) is 12.3. The molecule has 0 amide bonds. The Bertz CT molecular complexity index is 404. The van der Waals surface area contributed by atoms with Crippen LogP contribution in [0, 0.1) is 0 Å². The van der Waals surface area contributed by atoms with E-state index in [-0.39, 0.29) is 0 Å². The lowest BCUT2D eigenvalue weighted by atomic mass is 9.89. The number of aromatic hydroxyl groups is 1. The Balaban J connectivity index is 2.24. The van der Waals surface area contributed by atoms with Crippen LogP contribution in [0.3, 0.4) is 0 Å². The Morgan fingerprint density at radius 1 is 1.24 bits per heavy atom. The molecule has 0 radical (unpaired) electrons. The van der Waals surface area contributed by atoms with E-state index < -0.39 is 0 Å². The third-order valence-corrected chi connectivity index (χ3v) is 3.94. The normalized spacial score (nSPS) is 14.7. The maximum Gasteiger partial charge on any atom is 0.137 e. The first kappa shape index (κ1) is 12.7. The molecule has 0 heterocycles. The van der Waals surface area contributed by atoms with Crippen molar-refractivity contribution in [2.75, 3.05) is 6.54 Å². The molecular weight excluding hydrogens is 234 g/mol. The number of rotatable bonds is 4. The van der Waals surface area contributed by atoms with Gasteiger partial charge >= 0.3 is 0 Å². The molecule has 0 atom stereocenters. The van der Waals surface area contributed by atoms with Crippen LogP contribution < -0.4 is 5.73 Å². The Hall–Kier alpha value is -0.730. The highest BCUT2D eigenvalue weighted by molar-refractivity contribution is 6.33. The van der Waals surface area contributed by atoms with E-state index in [1.807, 2.05) is 0 Å². The molecule has 0 unspecified atom stereocenters. The summed E-state index contributed by atoms with van der Waals surface area (Å²) in [6, 6.07) is 2.15. The number of nitrogens with two attached hydrogens (primary N) is 1. The maximum absolute atomic E-state index is 10.1. The van der Waals surface area contributed by atoms with E-state index in [0.29, 0.717) is 17.3 Å². The lowest BCUT2D eigenvalue weighted by Gasteiger charge is -2.20. The molecular formula is C14H20ClNO. The second kappa shape index (κ2) is 5.74. The smallest absolute Gasteiger partial charge is 0.137 e. The molecule has 0 saturated carbocycles. The molecule has 1 aromatic carbocycles. The molecule has 17 heavy (non-hydrogen) atoms. The maximum atomic E-state index is 10.1. The van der Waals surface area contributed by atoms with E-state index in [2.05, 4.69) is 6.07 Å². The van der Waals surface area contributed by atoms with Crippen molar-refractivity contribution in [1.29, 1.82) is 0 Å². The van der Waals surface area contributed by atoms with Crippen molar-refractivity contribution < 1.29 is 5.11 Å². The third kappa shape index (κ3) is 2.75. The predicted molar refractivity (Wildman–Crippen MR) is 71.8 cm³/mol. The SMILES string of the molecule is NCCCCc1cc2c(c(Cl)c1O)CCCC2. The van der Waals surface area contributed by atoms with Gasteiger partial charge in [-0.2, -0.15) is 0 Å². The Labute approximate surface area is 108 Å². The van der Waals surface area contributed by atoms with Crippen LogP contribution in [0.5, 0.6) is 5.75 Å². The van der Waals surface area contributed by atoms with Crippen LogP contribution in [0.25, 0.3) is 0 Å². The van der Waals surface area contributed by atoms with E-state index >= 15 is 0 Å². The van der Waals surface area contributed by atoms with Crippen LogP contribution in [0.2, 0.25) is 5.02 Å². The predicted octanol–water partition coefficient (Wildman–Crippen LogP) is 3.21. The zero-order valence-electron chi connectivity index (χ0n) is 10.1. The molecule has 0 fully saturated rings. The summed E-state index contributed by atoms with van der Waals surface area (Å²) in [6.45, 7) is 0.708. The lowest BCUT2D eigenvalue weighted by molar-refractivity contribution is 0.464. The van der Waals surface area contributed by atoms with E-state index in [1.165, 1.54) is 18.4 Å². The van der Waals surface area contributed by atoms with Crippen molar-refractivity contribution in [3.8, 4) is 5.75 Å². The average Bonchev–Trinajstić information content (AvgIpc) is 2.35. The van der Waals surface area contributed by atoms with Crippen molar-refractivity contribution in [2.45, 2.75) is 44.9 Å². The zero-order valence-corrected chi connectivity index (χ0v) is 10.9. The molecule has 0 aliphatic heterocycles. The number of fused-ring (bicyclic) bond motifs is 1. The van der Waals surface area contributed by atoms with Gasteiger partial charge in [0.15, 0.2) is 0 Å². The van der Waals surface area contributed by atoms with Crippen LogP contribution in [-0.4, -0.2) is 11.7 Å². The topological polar surface area (TPSA) is 46.2 Å². The van der Waals surface area contributed by atoms with Crippen molar-refractivity contribution in [2.24, 2.45) is 5.73 Å². The van der Waals surface area contributed by atoms with Gasteiger partial charge < -0.3 is 10.8 Å². The molecule has 3 heteroatoms. The molecule has 0 bridgehead atoms. The first-order valence-electron chi connectivity index (χ1n) is 6.46. The molecule has 0 aromatic heterocycles. The number of phenols is 1. The van der Waals surface area contributed by atoms with Gasteiger partial charge in [-0.3, -0.25) is 0 Å². The fourth-order valence-electron chi connectivity index (χ4n) is 2.55. The summed E-state index contributed by atoms with van der Waals surface area (Å²) in [5, 5.41) is 10.7. The second-order valence-electron chi connectivity index (χ2n) is 4.79. The van der Waals surface area contributed by atoms with E-state index in [4.69, 9.17) is 17.3 Å². The van der Waals surface area contributed by atoms with Crippen LogP contribution in [0.4, 0.5) is 0 Å². The first-order chi connectivity index (χ1) is 8.24. The van der Waals surface area contributed by atoms with Crippen molar-refractivity contribution in [3.63, 3.8) is 0 Å². The van der Waals surface area contributed by atoms with Gasteiger partial charge in [0.2, 0.25) is 0 Å². The highest BCUT2D eigenvalue weighted by Crippen LogP contribution is 2.37. The average molecular weight is 254 g/mol. The number of unbranched alkanes of at least 4 members (excludes halogenated alkanes) is 1. The van der Waals surface area contributed by atoms with E-state index in [9.17, 15) is 5.11 Å². The molecule has 1 aliphatic rings. The van der Waals surface area contributed by atoms with Gasteiger partial charge in [0.1, 0.15) is 5.75 Å². The van der Waals surface area contributed by atoms with Crippen LogP contribution >= 0.6 is 11.6 Å². The van der Waals surface area contributed by atoms with Gasteiger partial charge in [-0.25, -0.2) is 0 Å². The highest BCUT2D eigenvalue weighted by Gasteiger charge is 2.18. The fourth-order valence-corrected chi connectivity index (χ4v) is 2.89. The molecule has 0 spiro atoms. The molecule has 3 N–H and O–H groups in total. The molecule has 1 aromatic rings. The highest BCUT2D eigenvalue weighted by atomic mass is 35.5. The summed E-state index contributed by atoms with van der Waals surface area (Å²) < 4.78 is 0. The Kier molecular flexibility index (Phi) is 4.30. The van der Waals surface area contributed by atoms with Gasteiger partial charge in [0.05, 0.1) is 5.02 Å². The van der Waals surface area contributed by atoms with Crippen LogP contribution in [0.15, 0.2) is 6.07 Å². The second-order valence-corrected chi connectivity index (χ2v) is 5.17. The molecule has 0 saturated heterocycles. The number of aryl methyl sites for hydroxylation is 2. The summed E-state index contributed by atoms with van der Waals surface area (Å²) in [6.07, 6.45) is 7.39. The monoisotopic (exact) mass is 253 g/mol. The summed E-state index contributed by atoms with van der Waals surface area (Å²) in [5.41, 5.74) is 8.97. The molecule has 1 aliphatic carbocycles. The first-order valence-corrected chi connectivity index (χ1v) is 6.84. The number of benzene rings is 1. The number of hydrogen-bond donors (Lipinski definition) is 2.